The lowest BCUT2D eigenvalue weighted by atomic mass is 9.94. The van der Waals surface area contributed by atoms with Crippen LogP contribution in [-0.4, -0.2) is 20.9 Å². The summed E-state index contributed by atoms with van der Waals surface area (Å²) in [6, 6.07) is 5.33. The van der Waals surface area contributed by atoms with Crippen molar-refractivity contribution in [1.82, 2.24) is 20.3 Å². The number of guanidine groups is 1. The molecule has 3 heterocycles. The van der Waals surface area contributed by atoms with Gasteiger partial charge in [-0.05, 0) is 6.07 Å². The van der Waals surface area contributed by atoms with Crippen LogP contribution < -0.4 is 22.1 Å². The molecule has 4 rings (SSSR count). The van der Waals surface area contributed by atoms with Crippen LogP contribution in [-0.2, 0) is 6.18 Å². The molecule has 13 heteroatoms. The van der Waals surface area contributed by atoms with Crippen molar-refractivity contribution in [2.75, 3.05) is 16.8 Å². The summed E-state index contributed by atoms with van der Waals surface area (Å²) in [5.41, 5.74) is 12.4. The maximum absolute atomic E-state index is 13.2. The minimum atomic E-state index is -4.68. The molecule has 1 aromatic carbocycles. The Labute approximate surface area is 166 Å². The van der Waals surface area contributed by atoms with E-state index in [2.05, 4.69) is 30.6 Å². The Bertz CT molecular complexity index is 1290. The van der Waals surface area contributed by atoms with Crippen LogP contribution in [0.25, 0.3) is 11.0 Å². The number of pyridine rings is 1. The first-order valence-electron chi connectivity index (χ1n) is 8.29. The van der Waals surface area contributed by atoms with Crippen molar-refractivity contribution in [3.63, 3.8) is 0 Å². The van der Waals surface area contributed by atoms with E-state index in [1.54, 1.807) is 6.19 Å². The first-order valence-corrected chi connectivity index (χ1v) is 8.29. The van der Waals surface area contributed by atoms with Gasteiger partial charge in [-0.1, -0.05) is 12.1 Å². The van der Waals surface area contributed by atoms with E-state index in [1.165, 1.54) is 18.2 Å². The highest BCUT2D eigenvalue weighted by molar-refractivity contribution is 5.99. The van der Waals surface area contributed by atoms with E-state index in [0.29, 0.717) is 0 Å². The number of imidazole rings is 1. The number of alkyl halides is 3. The molecule has 7 N–H and O–H groups in total. The summed E-state index contributed by atoms with van der Waals surface area (Å²) in [6.07, 6.45) is -2.98. The zero-order valence-electron chi connectivity index (χ0n) is 14.8. The molecule has 2 aromatic heterocycles. The molecular weight excluding hydrogens is 401 g/mol. The molecule has 3 aromatic rings. The van der Waals surface area contributed by atoms with E-state index in [4.69, 9.17) is 16.7 Å². The molecule has 150 valence electrons. The van der Waals surface area contributed by atoms with Crippen molar-refractivity contribution in [1.29, 1.82) is 10.5 Å². The normalized spacial score (nSPS) is 15.5. The summed E-state index contributed by atoms with van der Waals surface area (Å²) in [5, 5.41) is 23.4. The number of halogens is 3. The zero-order valence-corrected chi connectivity index (χ0v) is 14.8. The largest absolute Gasteiger partial charge is 0.449 e. The average molecular weight is 412 g/mol. The second-order valence-electron chi connectivity index (χ2n) is 6.23. The van der Waals surface area contributed by atoms with E-state index in [9.17, 15) is 18.4 Å². The van der Waals surface area contributed by atoms with Crippen LogP contribution in [0, 0.1) is 22.8 Å². The lowest BCUT2D eigenvalue weighted by molar-refractivity contribution is -0.144. The molecule has 0 aliphatic carbocycles. The standard InChI is InChI=1S/C17H11F3N10/c18-17(19,20)15-26-8-3-1-2-6(11(8)27-15)12-9-10(23)7(4-21)13(24)29-14(9)30-16(28-12)25-5-22/h1-3,12H,(H,26,27)(H6,23,24,25,28,29,30). The fraction of sp³-hybridized carbons (Fsp3) is 0.118. The second kappa shape index (κ2) is 6.52. The maximum Gasteiger partial charge on any atom is 0.449 e. The van der Waals surface area contributed by atoms with Gasteiger partial charge in [0, 0.05) is 11.1 Å². The van der Waals surface area contributed by atoms with E-state index in [1.807, 2.05) is 6.07 Å². The van der Waals surface area contributed by atoms with Crippen LogP contribution in [0.4, 0.5) is 30.5 Å². The number of rotatable bonds is 1. The number of H-pyrrole nitrogens is 1. The van der Waals surface area contributed by atoms with Gasteiger partial charge in [0.1, 0.15) is 29.3 Å². The first-order chi connectivity index (χ1) is 14.2. The molecule has 0 radical (unpaired) electrons. The van der Waals surface area contributed by atoms with Crippen LogP contribution >= 0.6 is 0 Å². The Kier molecular flexibility index (Phi) is 4.09. The number of hydrogen-bond donors (Lipinski definition) is 5. The van der Waals surface area contributed by atoms with Crippen LogP contribution in [0.15, 0.2) is 23.2 Å². The van der Waals surface area contributed by atoms with Gasteiger partial charge in [-0.2, -0.15) is 23.7 Å². The number of aromatic amines is 1. The van der Waals surface area contributed by atoms with Crippen molar-refractivity contribution in [2.45, 2.75) is 12.2 Å². The fourth-order valence-electron chi connectivity index (χ4n) is 3.22. The topological polar surface area (TPSA) is 178 Å². The maximum atomic E-state index is 13.2. The van der Waals surface area contributed by atoms with Crippen LogP contribution in [0.5, 0.6) is 0 Å². The summed E-state index contributed by atoms with van der Waals surface area (Å²) >= 11 is 0. The molecule has 0 fully saturated rings. The van der Waals surface area contributed by atoms with Gasteiger partial charge in [0.05, 0.1) is 16.7 Å². The lowest BCUT2D eigenvalue weighted by Crippen LogP contribution is -2.32. The number of aromatic nitrogens is 3. The van der Waals surface area contributed by atoms with Gasteiger partial charge in [0.2, 0.25) is 11.8 Å². The first kappa shape index (κ1) is 18.8. The van der Waals surface area contributed by atoms with E-state index in [0.717, 1.165) is 0 Å². The van der Waals surface area contributed by atoms with Crippen LogP contribution in [0.1, 0.15) is 28.6 Å². The molecule has 0 bridgehead atoms. The van der Waals surface area contributed by atoms with Gasteiger partial charge in [0.15, 0.2) is 6.19 Å². The molecule has 0 amide bonds. The quantitative estimate of drug-likeness (QED) is 0.297. The number of nitrogens with zero attached hydrogens (tertiary/aromatic N) is 5. The molecule has 0 saturated heterocycles. The number of hydrogen-bond acceptors (Lipinski definition) is 9. The molecule has 0 saturated carbocycles. The third kappa shape index (κ3) is 2.85. The van der Waals surface area contributed by atoms with Crippen molar-refractivity contribution >= 4 is 34.3 Å². The molecule has 0 spiro atoms. The summed E-state index contributed by atoms with van der Waals surface area (Å²) in [6.45, 7) is 0. The van der Waals surface area contributed by atoms with Gasteiger partial charge in [0.25, 0.3) is 0 Å². The van der Waals surface area contributed by atoms with Crippen LogP contribution in [0.3, 0.4) is 0 Å². The van der Waals surface area contributed by atoms with Gasteiger partial charge in [-0.15, -0.1) is 0 Å². The Morgan fingerprint density at radius 1 is 1.17 bits per heavy atom. The lowest BCUT2D eigenvalue weighted by Gasteiger charge is -2.26. The number of anilines is 3. The Morgan fingerprint density at radius 3 is 2.60 bits per heavy atom. The summed E-state index contributed by atoms with van der Waals surface area (Å²) in [5.74, 6) is -1.21. The van der Waals surface area contributed by atoms with Gasteiger partial charge in [-0.3, -0.25) is 5.32 Å². The SMILES string of the molecule is N#CNC1=NC(c2cccc3[nH]c(C(F)(F)F)nc23)c2c(nc(N)c(C#N)c2N)N1. The number of nitrogen functional groups attached to an aromatic ring is 2. The summed E-state index contributed by atoms with van der Waals surface area (Å²) in [4.78, 5) is 14.4. The minimum Gasteiger partial charge on any atom is -0.397 e. The number of nitriles is 2. The number of nitrogens with one attached hydrogen (secondary N) is 3. The molecule has 10 nitrogen and oxygen atoms in total. The number of aliphatic imine (C=N–C) groups is 1. The smallest absolute Gasteiger partial charge is 0.397 e. The Morgan fingerprint density at radius 2 is 1.93 bits per heavy atom. The third-order valence-electron chi connectivity index (χ3n) is 4.46. The minimum absolute atomic E-state index is 0.0115. The highest BCUT2D eigenvalue weighted by atomic mass is 19.4. The molecule has 1 atom stereocenters. The molecular formula is C17H11F3N10. The number of nitrogens with two attached hydrogens (primary N) is 2. The van der Waals surface area contributed by atoms with Gasteiger partial charge >= 0.3 is 6.18 Å². The predicted octanol–water partition coefficient (Wildman–Crippen LogP) is 1.95. The predicted molar refractivity (Wildman–Crippen MR) is 101 cm³/mol. The van der Waals surface area contributed by atoms with E-state index in [-0.39, 0.29) is 51.0 Å². The molecule has 30 heavy (non-hydrogen) atoms. The Balaban J connectivity index is 2.00. The van der Waals surface area contributed by atoms with E-state index >= 15 is 0 Å². The monoisotopic (exact) mass is 412 g/mol. The van der Waals surface area contributed by atoms with Crippen molar-refractivity contribution in [3.8, 4) is 12.3 Å². The van der Waals surface area contributed by atoms with Gasteiger partial charge in [-0.25, -0.2) is 15.0 Å². The van der Waals surface area contributed by atoms with E-state index < -0.39 is 18.0 Å². The molecule has 1 aliphatic rings. The Hall–Kier alpha value is -4.52. The highest BCUT2D eigenvalue weighted by Crippen LogP contribution is 2.42. The fourth-order valence-corrected chi connectivity index (χ4v) is 3.22. The van der Waals surface area contributed by atoms with Crippen LogP contribution in [0.2, 0.25) is 0 Å². The molecule has 1 unspecified atom stereocenters. The van der Waals surface area contributed by atoms with Crippen molar-refractivity contribution in [3.05, 3.63) is 40.7 Å². The second-order valence-corrected chi connectivity index (χ2v) is 6.23. The average Bonchev–Trinajstić information content (AvgIpc) is 3.12. The third-order valence-corrected chi connectivity index (χ3v) is 4.46. The number of para-hydroxylation sites is 1. The zero-order chi connectivity index (χ0) is 21.6. The highest BCUT2D eigenvalue weighted by Gasteiger charge is 2.36. The number of benzene rings is 1. The van der Waals surface area contributed by atoms with Crippen molar-refractivity contribution in [2.24, 2.45) is 4.99 Å². The van der Waals surface area contributed by atoms with Gasteiger partial charge < -0.3 is 21.8 Å². The molecule has 1 aliphatic heterocycles. The van der Waals surface area contributed by atoms with Crippen molar-refractivity contribution < 1.29 is 13.2 Å². The summed E-state index contributed by atoms with van der Waals surface area (Å²) in [7, 11) is 0. The summed E-state index contributed by atoms with van der Waals surface area (Å²) < 4.78 is 39.5. The number of fused-ring (bicyclic) bond motifs is 2.